The molecule has 1 aliphatic heterocycles. The van der Waals surface area contributed by atoms with Crippen molar-refractivity contribution >= 4 is 16.9 Å². The molecule has 1 aliphatic rings. The number of phenols is 1. The fraction of sp³-hybridized carbons (Fsp3) is 0.227. The molecule has 1 atom stereocenters. The van der Waals surface area contributed by atoms with E-state index in [1.54, 1.807) is 12.1 Å². The number of phenolic OH excluding ortho intramolecular Hbond substituents is 1. The molecule has 0 spiro atoms. The monoisotopic (exact) mass is 419 g/mol. The summed E-state index contributed by atoms with van der Waals surface area (Å²) in [7, 11) is 0. The van der Waals surface area contributed by atoms with E-state index < -0.39 is 11.9 Å². The number of nitrogens with zero attached hydrogens (tertiary/aromatic N) is 4. The molecular weight excluding hydrogens is 401 g/mol. The van der Waals surface area contributed by atoms with E-state index in [4.69, 9.17) is 4.42 Å². The molecule has 0 aliphatic carbocycles. The number of H-pyrrole nitrogens is 1. The Kier molecular flexibility index (Phi) is 4.38. The van der Waals surface area contributed by atoms with Gasteiger partial charge in [0.05, 0.1) is 28.3 Å². The standard InChI is InChI=1S/C22H18FN5O3/c1-11-19-20(17-4-5-18(31-17)28-7-6-13(30)10-28)15(9-24)21(25-22(19)27-26-11)14-3-2-12(29)8-16(14)23/h2-5,8,13,29-30H,6-7,10H2,1H3,(H,25,26,27). The minimum absolute atomic E-state index is 0.0765. The number of hydrogen-bond acceptors (Lipinski definition) is 7. The van der Waals surface area contributed by atoms with Crippen LogP contribution in [-0.4, -0.2) is 44.6 Å². The van der Waals surface area contributed by atoms with Crippen LogP contribution in [0.2, 0.25) is 0 Å². The fourth-order valence-electron chi connectivity index (χ4n) is 4.02. The Morgan fingerprint density at radius 2 is 2.16 bits per heavy atom. The van der Waals surface area contributed by atoms with Gasteiger partial charge in [-0.1, -0.05) is 0 Å². The number of aliphatic hydroxyl groups is 1. The van der Waals surface area contributed by atoms with Crippen molar-refractivity contribution in [3.63, 3.8) is 0 Å². The number of anilines is 1. The number of β-amino-alcohol motifs (C(OH)–C–C–N with tert-alkyl or cyclic N) is 1. The Balaban J connectivity index is 1.75. The highest BCUT2D eigenvalue weighted by molar-refractivity contribution is 5.99. The number of hydrogen-bond donors (Lipinski definition) is 3. The lowest BCUT2D eigenvalue weighted by Crippen LogP contribution is -2.20. The van der Waals surface area contributed by atoms with Gasteiger partial charge in [-0.05, 0) is 31.5 Å². The second kappa shape index (κ2) is 7.11. The predicted molar refractivity (Wildman–Crippen MR) is 111 cm³/mol. The first-order valence-corrected chi connectivity index (χ1v) is 9.77. The highest BCUT2D eigenvalue weighted by Gasteiger charge is 2.27. The lowest BCUT2D eigenvalue weighted by molar-refractivity contribution is 0.198. The highest BCUT2D eigenvalue weighted by Crippen LogP contribution is 2.40. The lowest BCUT2D eigenvalue weighted by Gasteiger charge is -2.14. The van der Waals surface area contributed by atoms with E-state index >= 15 is 0 Å². The van der Waals surface area contributed by atoms with Crippen molar-refractivity contribution in [1.29, 1.82) is 5.26 Å². The quantitative estimate of drug-likeness (QED) is 0.465. The average Bonchev–Trinajstić information content (AvgIpc) is 3.47. The van der Waals surface area contributed by atoms with Gasteiger partial charge in [0.2, 0.25) is 0 Å². The summed E-state index contributed by atoms with van der Waals surface area (Å²) in [5, 5.41) is 37.1. The van der Waals surface area contributed by atoms with Gasteiger partial charge in [0.15, 0.2) is 11.5 Å². The van der Waals surface area contributed by atoms with Crippen LogP contribution in [0.5, 0.6) is 5.75 Å². The first kappa shape index (κ1) is 19.1. The van der Waals surface area contributed by atoms with Gasteiger partial charge >= 0.3 is 0 Å². The number of furan rings is 1. The van der Waals surface area contributed by atoms with E-state index in [1.807, 2.05) is 11.8 Å². The van der Waals surface area contributed by atoms with Crippen molar-refractivity contribution in [3.8, 4) is 34.4 Å². The van der Waals surface area contributed by atoms with Crippen molar-refractivity contribution in [2.75, 3.05) is 18.0 Å². The third-order valence-electron chi connectivity index (χ3n) is 5.52. The van der Waals surface area contributed by atoms with Crippen molar-refractivity contribution < 1.29 is 19.0 Å². The number of pyridine rings is 1. The first-order chi connectivity index (χ1) is 15.0. The molecule has 1 aromatic carbocycles. The Morgan fingerprint density at radius 3 is 2.87 bits per heavy atom. The van der Waals surface area contributed by atoms with Crippen molar-refractivity contribution in [1.82, 2.24) is 15.2 Å². The minimum atomic E-state index is -0.701. The summed E-state index contributed by atoms with van der Waals surface area (Å²) in [6, 6.07) is 9.38. The molecule has 0 saturated carbocycles. The van der Waals surface area contributed by atoms with Gasteiger partial charge in [-0.25, -0.2) is 9.37 Å². The van der Waals surface area contributed by atoms with E-state index in [1.165, 1.54) is 12.1 Å². The topological polar surface area (TPSA) is 122 Å². The molecule has 4 aromatic rings. The van der Waals surface area contributed by atoms with E-state index in [0.717, 1.165) is 6.07 Å². The van der Waals surface area contributed by atoms with Crippen LogP contribution in [0.15, 0.2) is 34.7 Å². The molecular formula is C22H18FN5O3. The molecule has 4 heterocycles. The largest absolute Gasteiger partial charge is 0.508 e. The third-order valence-corrected chi connectivity index (χ3v) is 5.52. The third kappa shape index (κ3) is 3.08. The zero-order valence-corrected chi connectivity index (χ0v) is 16.6. The summed E-state index contributed by atoms with van der Waals surface area (Å²) in [6.45, 7) is 2.95. The molecule has 0 amide bonds. The van der Waals surface area contributed by atoms with Crippen LogP contribution in [0.4, 0.5) is 10.3 Å². The number of benzene rings is 1. The van der Waals surface area contributed by atoms with E-state index in [2.05, 4.69) is 21.3 Å². The molecule has 1 saturated heterocycles. The molecule has 3 aromatic heterocycles. The Morgan fingerprint density at radius 1 is 1.32 bits per heavy atom. The number of nitrogens with one attached hydrogen (secondary N) is 1. The minimum Gasteiger partial charge on any atom is -0.508 e. The number of halogens is 1. The number of fused-ring (bicyclic) bond motifs is 1. The predicted octanol–water partition coefficient (Wildman–Crippen LogP) is 3.48. The molecule has 156 valence electrons. The van der Waals surface area contributed by atoms with Crippen LogP contribution < -0.4 is 4.90 Å². The van der Waals surface area contributed by atoms with E-state index in [-0.39, 0.29) is 22.6 Å². The number of rotatable bonds is 3. The molecule has 8 nitrogen and oxygen atoms in total. The van der Waals surface area contributed by atoms with Gasteiger partial charge in [0, 0.05) is 36.5 Å². The normalized spacial score (nSPS) is 16.2. The number of aliphatic hydroxyl groups excluding tert-OH is 1. The van der Waals surface area contributed by atoms with Gasteiger partial charge in [0.1, 0.15) is 23.4 Å². The van der Waals surface area contributed by atoms with Crippen LogP contribution in [0, 0.1) is 24.1 Å². The summed E-state index contributed by atoms with van der Waals surface area (Å²) < 4.78 is 20.7. The summed E-state index contributed by atoms with van der Waals surface area (Å²) >= 11 is 0. The zero-order chi connectivity index (χ0) is 21.7. The van der Waals surface area contributed by atoms with Gasteiger partial charge in [-0.3, -0.25) is 5.10 Å². The highest BCUT2D eigenvalue weighted by atomic mass is 19.1. The smallest absolute Gasteiger partial charge is 0.196 e. The molecule has 1 fully saturated rings. The molecule has 3 N–H and O–H groups in total. The van der Waals surface area contributed by atoms with E-state index in [0.29, 0.717) is 53.4 Å². The summed E-state index contributed by atoms with van der Waals surface area (Å²) in [4.78, 5) is 6.37. The zero-order valence-electron chi connectivity index (χ0n) is 16.6. The first-order valence-electron chi connectivity index (χ1n) is 9.77. The maximum atomic E-state index is 14.6. The Labute approximate surface area is 176 Å². The van der Waals surface area contributed by atoms with Crippen molar-refractivity contribution in [3.05, 3.63) is 47.4 Å². The number of aromatic amines is 1. The number of aromatic hydroxyl groups is 1. The number of aryl methyl sites for hydroxylation is 1. The van der Waals surface area contributed by atoms with Crippen LogP contribution in [0.25, 0.3) is 33.6 Å². The molecule has 0 radical (unpaired) electrons. The molecule has 1 unspecified atom stereocenters. The van der Waals surface area contributed by atoms with Crippen LogP contribution >= 0.6 is 0 Å². The second-order valence-corrected chi connectivity index (χ2v) is 7.56. The van der Waals surface area contributed by atoms with Gasteiger partial charge in [-0.2, -0.15) is 10.4 Å². The molecule has 31 heavy (non-hydrogen) atoms. The maximum Gasteiger partial charge on any atom is 0.196 e. The Hall–Kier alpha value is -3.90. The molecule has 5 rings (SSSR count). The fourth-order valence-corrected chi connectivity index (χ4v) is 4.02. The lowest BCUT2D eigenvalue weighted by atomic mass is 9.96. The summed E-state index contributed by atoms with van der Waals surface area (Å²) in [5.41, 5.74) is 1.82. The molecule has 0 bridgehead atoms. The van der Waals surface area contributed by atoms with Crippen LogP contribution in [-0.2, 0) is 0 Å². The van der Waals surface area contributed by atoms with Gasteiger partial charge in [-0.15, -0.1) is 0 Å². The summed E-state index contributed by atoms with van der Waals surface area (Å²) in [5.74, 6) is 0.0806. The molecule has 9 heteroatoms. The number of nitriles is 1. The van der Waals surface area contributed by atoms with Crippen molar-refractivity contribution in [2.24, 2.45) is 0 Å². The average molecular weight is 419 g/mol. The van der Waals surface area contributed by atoms with Gasteiger partial charge in [0.25, 0.3) is 0 Å². The SMILES string of the molecule is Cc1[nH]nc2nc(-c3ccc(O)cc3F)c(C#N)c(-c3ccc(N4CCC(O)C4)o3)c12. The maximum absolute atomic E-state index is 14.6. The Bertz CT molecular complexity index is 1350. The van der Waals surface area contributed by atoms with Crippen LogP contribution in [0.3, 0.4) is 0 Å². The van der Waals surface area contributed by atoms with Crippen molar-refractivity contribution in [2.45, 2.75) is 19.4 Å². The van der Waals surface area contributed by atoms with E-state index in [9.17, 15) is 19.9 Å². The number of aromatic nitrogens is 3. The summed E-state index contributed by atoms with van der Waals surface area (Å²) in [6.07, 6.45) is 0.250. The van der Waals surface area contributed by atoms with Gasteiger partial charge < -0.3 is 19.5 Å². The van der Waals surface area contributed by atoms with Crippen LogP contribution in [0.1, 0.15) is 17.7 Å². The second-order valence-electron chi connectivity index (χ2n) is 7.56.